The normalized spacial score (nSPS) is 11.4. The molecule has 0 saturated carbocycles. The van der Waals surface area contributed by atoms with E-state index in [-0.39, 0.29) is 0 Å². The Hall–Kier alpha value is -6.11. The van der Waals surface area contributed by atoms with E-state index in [1.54, 1.807) is 0 Å². The second kappa shape index (κ2) is 13.7. The van der Waals surface area contributed by atoms with Gasteiger partial charge in [0.25, 0.3) is 6.01 Å². The van der Waals surface area contributed by atoms with E-state index in [1.165, 1.54) is 5.56 Å². The van der Waals surface area contributed by atoms with Gasteiger partial charge >= 0.3 is 0 Å². The van der Waals surface area contributed by atoms with Crippen LogP contribution >= 0.6 is 0 Å². The van der Waals surface area contributed by atoms with E-state index in [9.17, 15) is 0 Å². The van der Waals surface area contributed by atoms with Gasteiger partial charge in [-0.25, -0.2) is 15.0 Å². The Kier molecular flexibility index (Phi) is 8.94. The van der Waals surface area contributed by atoms with E-state index >= 15 is 0 Å². The summed E-state index contributed by atoms with van der Waals surface area (Å²) in [7, 11) is 0. The molecule has 0 saturated heterocycles. The van der Waals surface area contributed by atoms with Gasteiger partial charge in [-0.15, -0.1) is 0 Å². The Bertz CT molecular complexity index is 2430. The van der Waals surface area contributed by atoms with E-state index in [0.717, 1.165) is 84.7 Å². The molecule has 8 aromatic rings. The minimum atomic E-state index is 0.550. The minimum absolute atomic E-state index is 0.550. The first-order valence-electron chi connectivity index (χ1n) is 16.8. The summed E-state index contributed by atoms with van der Waals surface area (Å²) < 4.78 is 25.8. The molecule has 0 unspecified atom stereocenters. The van der Waals surface area contributed by atoms with Crippen molar-refractivity contribution in [3.63, 3.8) is 0 Å². The fraction of sp³-hybridized carbons (Fsp3) is 0.289. The molecule has 0 aliphatic rings. The summed E-state index contributed by atoms with van der Waals surface area (Å²) in [6.45, 7) is 17.4. The van der Waals surface area contributed by atoms with Crippen molar-refractivity contribution >= 4 is 22.3 Å². The van der Waals surface area contributed by atoms with Crippen LogP contribution in [0, 0.1) is 48.5 Å². The lowest BCUT2D eigenvalue weighted by molar-refractivity contribution is 0.301. The van der Waals surface area contributed by atoms with Crippen molar-refractivity contribution < 1.29 is 18.3 Å². The molecule has 13 heteroatoms. The number of hydrogen-bond acceptors (Lipinski definition) is 11. The van der Waals surface area contributed by atoms with Crippen LogP contribution in [0.1, 0.15) is 58.2 Å². The molecule has 0 aliphatic carbocycles. The number of aromatic nitrogens is 9. The number of pyridine rings is 2. The highest BCUT2D eigenvalue weighted by atomic mass is 16.5. The van der Waals surface area contributed by atoms with Crippen LogP contribution in [0.25, 0.3) is 44.6 Å². The molecule has 260 valence electrons. The largest absolute Gasteiger partial charge is 0.465 e. The fourth-order valence-corrected chi connectivity index (χ4v) is 6.41. The van der Waals surface area contributed by atoms with Crippen molar-refractivity contribution in [1.29, 1.82) is 0 Å². The average molecular weight is 686 g/mol. The first kappa shape index (κ1) is 33.4. The molecule has 13 nitrogen and oxygen atoms in total. The number of benzene rings is 1. The van der Waals surface area contributed by atoms with Crippen molar-refractivity contribution in [2.24, 2.45) is 0 Å². The van der Waals surface area contributed by atoms with Crippen LogP contribution in [0.3, 0.4) is 0 Å². The van der Waals surface area contributed by atoms with Crippen molar-refractivity contribution in [3.05, 3.63) is 106 Å². The Morgan fingerprint density at radius 1 is 0.627 bits per heavy atom. The van der Waals surface area contributed by atoms with E-state index in [1.807, 2.05) is 86.0 Å². The molecule has 51 heavy (non-hydrogen) atoms. The molecule has 0 radical (unpaired) electrons. The average Bonchev–Trinajstić information content (AvgIpc) is 3.91. The summed E-state index contributed by atoms with van der Waals surface area (Å²) >= 11 is 0. The third-order valence-electron chi connectivity index (χ3n) is 8.97. The predicted molar refractivity (Wildman–Crippen MR) is 192 cm³/mol. The van der Waals surface area contributed by atoms with Crippen molar-refractivity contribution in [1.82, 2.24) is 44.5 Å². The highest BCUT2D eigenvalue weighted by molar-refractivity contribution is 5.81. The second-order valence-corrected chi connectivity index (χ2v) is 12.5. The van der Waals surface area contributed by atoms with Gasteiger partial charge in [-0.05, 0) is 73.1 Å². The molecule has 0 fully saturated rings. The van der Waals surface area contributed by atoms with Crippen LogP contribution < -0.4 is 4.74 Å². The molecule has 0 aliphatic heterocycles. The Morgan fingerprint density at radius 2 is 1.18 bits per heavy atom. The topological polar surface area (TPSA) is 149 Å². The summed E-state index contributed by atoms with van der Waals surface area (Å²) in [5.74, 6) is 3.29. The first-order valence-corrected chi connectivity index (χ1v) is 16.8. The number of rotatable bonds is 8. The van der Waals surface area contributed by atoms with Gasteiger partial charge in [0.2, 0.25) is 0 Å². The van der Waals surface area contributed by atoms with Crippen LogP contribution in [0.5, 0.6) is 6.01 Å². The van der Waals surface area contributed by atoms with Crippen molar-refractivity contribution in [2.45, 2.75) is 68.5 Å². The van der Waals surface area contributed by atoms with Crippen molar-refractivity contribution in [2.75, 3.05) is 6.61 Å². The maximum Gasteiger partial charge on any atom is 0.299 e. The van der Waals surface area contributed by atoms with E-state index < -0.39 is 0 Å². The van der Waals surface area contributed by atoms with Crippen molar-refractivity contribution in [3.8, 4) is 28.3 Å². The number of nitrogens with zero attached hydrogens (tertiary/aromatic N) is 9. The second-order valence-electron chi connectivity index (χ2n) is 12.5. The fourth-order valence-electron chi connectivity index (χ4n) is 6.41. The maximum atomic E-state index is 5.75. The molecule has 7 aromatic heterocycles. The minimum Gasteiger partial charge on any atom is -0.465 e. The quantitative estimate of drug-likeness (QED) is 0.154. The third kappa shape index (κ3) is 6.38. The van der Waals surface area contributed by atoms with E-state index in [2.05, 4.69) is 68.8 Å². The maximum absolute atomic E-state index is 5.75. The molecular formula is C38H39N9O4. The number of fused-ring (bicyclic) bond motifs is 2. The monoisotopic (exact) mass is 685 g/mol. The lowest BCUT2D eigenvalue weighted by atomic mass is 10.1. The Morgan fingerprint density at radius 3 is 1.71 bits per heavy atom. The zero-order chi connectivity index (χ0) is 35.8. The molecule has 8 rings (SSSR count). The summed E-state index contributed by atoms with van der Waals surface area (Å²) in [6.07, 6.45) is 3.63. The molecule has 7 heterocycles. The van der Waals surface area contributed by atoms with Crippen LogP contribution in [-0.2, 0) is 13.1 Å². The SMILES string of the molecule is CCOc1nc2ncc(-c3c(C)noc3C)cc2n1Cc1ccccc1.Cc1noc(C)c1Cn1c(C)nc2ncc(-c3c(C)noc3C)cc21. The molecule has 0 N–H and O–H groups in total. The van der Waals surface area contributed by atoms with Gasteiger partial charge in [0.05, 0.1) is 47.8 Å². The molecule has 0 amide bonds. The van der Waals surface area contributed by atoms with Crippen LogP contribution in [0.2, 0.25) is 0 Å². The summed E-state index contributed by atoms with van der Waals surface area (Å²) in [5, 5.41) is 12.1. The number of hydrogen-bond donors (Lipinski definition) is 0. The van der Waals surface area contributed by atoms with Gasteiger partial charge in [0.1, 0.15) is 23.1 Å². The predicted octanol–water partition coefficient (Wildman–Crippen LogP) is 7.81. The summed E-state index contributed by atoms with van der Waals surface area (Å²) in [5.41, 5.74) is 12.0. The summed E-state index contributed by atoms with van der Waals surface area (Å²) in [4.78, 5) is 18.2. The standard InChI is InChI=1S/C20H20N4O2.C18H19N5O2/c1-4-25-20-22-19-17(24(20)12-15-8-6-5-7-9-15)10-16(11-21-19)18-13(2)23-26-14(18)3;1-9-15(11(3)24-21-9)8-23-13(5)20-18-16(23)6-14(7-19-18)17-10(2)22-25-12(17)4/h5-11H,4,12H2,1-3H3;6-7H,8H2,1-5H3. The highest BCUT2D eigenvalue weighted by Gasteiger charge is 2.19. The van der Waals surface area contributed by atoms with Crippen LogP contribution in [-0.4, -0.2) is 51.1 Å². The lowest BCUT2D eigenvalue weighted by Gasteiger charge is -2.09. The lowest BCUT2D eigenvalue weighted by Crippen LogP contribution is -2.05. The highest BCUT2D eigenvalue weighted by Crippen LogP contribution is 2.31. The smallest absolute Gasteiger partial charge is 0.299 e. The molecule has 0 spiro atoms. The Labute approximate surface area is 294 Å². The van der Waals surface area contributed by atoms with Gasteiger partial charge in [-0.3, -0.25) is 4.57 Å². The Balaban J connectivity index is 0.000000159. The van der Waals surface area contributed by atoms with E-state index in [4.69, 9.17) is 18.3 Å². The van der Waals surface area contributed by atoms with Gasteiger partial charge in [0.15, 0.2) is 11.3 Å². The third-order valence-corrected chi connectivity index (χ3v) is 8.97. The van der Waals surface area contributed by atoms with Gasteiger partial charge in [-0.2, -0.15) is 4.98 Å². The molecular weight excluding hydrogens is 646 g/mol. The van der Waals surface area contributed by atoms with Gasteiger partial charge in [-0.1, -0.05) is 45.8 Å². The number of aryl methyl sites for hydroxylation is 7. The first-order chi connectivity index (χ1) is 24.6. The van der Waals surface area contributed by atoms with Crippen LogP contribution in [0.15, 0.2) is 68.4 Å². The zero-order valence-electron chi connectivity index (χ0n) is 30.0. The number of ether oxygens (including phenoxy) is 1. The molecule has 0 bridgehead atoms. The molecule has 0 atom stereocenters. The number of imidazole rings is 2. The van der Waals surface area contributed by atoms with Gasteiger partial charge < -0.3 is 22.9 Å². The zero-order valence-corrected chi connectivity index (χ0v) is 30.0. The summed E-state index contributed by atoms with van der Waals surface area (Å²) in [6, 6.07) is 15.0. The van der Waals surface area contributed by atoms with Gasteiger partial charge in [0, 0.05) is 40.2 Å². The van der Waals surface area contributed by atoms with E-state index in [0.29, 0.717) is 31.4 Å². The molecule has 1 aromatic carbocycles. The van der Waals surface area contributed by atoms with Crippen LogP contribution in [0.4, 0.5) is 0 Å².